The molecule has 10 rings (SSSR count). The van der Waals surface area contributed by atoms with Crippen LogP contribution in [0, 0.1) is 0 Å². The molecule has 0 spiro atoms. The van der Waals surface area contributed by atoms with Crippen LogP contribution in [0.5, 0.6) is 0 Å². The second kappa shape index (κ2) is 11.9. The Balaban J connectivity index is 1.27. The second-order valence-corrected chi connectivity index (χ2v) is 14.0. The van der Waals surface area contributed by atoms with E-state index in [0.29, 0.717) is 5.56 Å². The number of thiophene rings is 2. The third-order valence-corrected chi connectivity index (χ3v) is 11.2. The number of benzene rings is 7. The summed E-state index contributed by atoms with van der Waals surface area (Å²) < 4.78 is 90.0. The Morgan fingerprint density at radius 3 is 1.38 bits per heavy atom. The van der Waals surface area contributed by atoms with Gasteiger partial charge in [0.1, 0.15) is 0 Å². The summed E-state index contributed by atoms with van der Waals surface area (Å²) in [4.78, 5) is 9.46. The van der Waals surface area contributed by atoms with E-state index < -0.39 is 60.4 Å². The molecule has 7 aromatic carbocycles. The second-order valence-electron chi connectivity index (χ2n) is 11.9. The molecular formula is C46H28N2S2. The van der Waals surface area contributed by atoms with Crippen LogP contribution in [0.2, 0.25) is 0 Å². The molecule has 0 amide bonds. The van der Waals surface area contributed by atoms with E-state index in [-0.39, 0.29) is 28.3 Å². The van der Waals surface area contributed by atoms with Crippen molar-refractivity contribution in [3.63, 3.8) is 0 Å². The van der Waals surface area contributed by atoms with Crippen molar-refractivity contribution in [2.45, 2.75) is 0 Å². The predicted molar refractivity (Wildman–Crippen MR) is 215 cm³/mol. The van der Waals surface area contributed by atoms with Crippen LogP contribution in [0.1, 0.15) is 13.7 Å². The van der Waals surface area contributed by atoms with Gasteiger partial charge in [0.05, 0.1) is 25.1 Å². The lowest BCUT2D eigenvalue weighted by atomic mass is 9.93. The van der Waals surface area contributed by atoms with Crippen LogP contribution in [0.15, 0.2) is 170 Å². The first-order chi connectivity index (χ1) is 28.9. The van der Waals surface area contributed by atoms with Gasteiger partial charge in [-0.2, -0.15) is 0 Å². The molecule has 4 heteroatoms. The fourth-order valence-electron chi connectivity index (χ4n) is 6.49. The summed E-state index contributed by atoms with van der Waals surface area (Å²) in [6, 6.07) is 31.3. The maximum absolute atomic E-state index is 8.83. The van der Waals surface area contributed by atoms with Crippen LogP contribution in [-0.2, 0) is 0 Å². The molecule has 3 aromatic heterocycles. The fourth-order valence-corrected chi connectivity index (χ4v) is 8.67. The Labute approximate surface area is 311 Å². The molecule has 0 aliphatic carbocycles. The standard InChI is InChI=1S/C46H28N2S2/c1-3-11-29(12-4-1)40-28-41(48-46(47-40)30-13-5-2-6-14-30)35-24-33(31-19-21-44-38(26-31)36-15-7-9-17-42(36)49-44)23-34(25-35)32-20-22-45-39(27-32)37-16-8-10-18-43(37)50-45/h1-28H/i1D,2D,3D,4D,5D,6D,11D,12D,13D,14D. The first kappa shape index (κ1) is 20.5. The molecule has 0 radical (unpaired) electrons. The SMILES string of the molecule is [2H]c1c([2H])c([2H])c(-c2cc(-c3cc(-c4ccc5sc6ccccc6c5c4)cc(-c4ccc5sc6ccccc6c5c4)c3)nc(-c3c([2H])c([2H])c([2H])c([2H])c3[2H])n2)c([2H])c1[2H]. The largest absolute Gasteiger partial charge is 0.228 e. The van der Waals surface area contributed by atoms with Gasteiger partial charge in [0.2, 0.25) is 0 Å². The van der Waals surface area contributed by atoms with Crippen molar-refractivity contribution >= 4 is 63.0 Å². The van der Waals surface area contributed by atoms with Crippen molar-refractivity contribution in [1.82, 2.24) is 9.97 Å². The Bertz CT molecular complexity index is 3190. The van der Waals surface area contributed by atoms with Gasteiger partial charge in [-0.25, -0.2) is 9.97 Å². The van der Waals surface area contributed by atoms with E-state index >= 15 is 0 Å². The van der Waals surface area contributed by atoms with Gasteiger partial charge in [-0.15, -0.1) is 22.7 Å². The highest BCUT2D eigenvalue weighted by Gasteiger charge is 2.15. The van der Waals surface area contributed by atoms with E-state index in [1.807, 2.05) is 36.4 Å². The molecule has 234 valence electrons. The lowest BCUT2D eigenvalue weighted by molar-refractivity contribution is 1.18. The van der Waals surface area contributed by atoms with Crippen LogP contribution >= 0.6 is 22.7 Å². The third-order valence-electron chi connectivity index (χ3n) is 8.85. The van der Waals surface area contributed by atoms with E-state index in [9.17, 15) is 0 Å². The van der Waals surface area contributed by atoms with E-state index in [1.54, 1.807) is 22.7 Å². The number of fused-ring (bicyclic) bond motifs is 6. The van der Waals surface area contributed by atoms with E-state index in [4.69, 9.17) is 18.7 Å². The molecule has 2 nitrogen and oxygen atoms in total. The molecule has 0 aliphatic heterocycles. The summed E-state index contributed by atoms with van der Waals surface area (Å²) in [6.45, 7) is 0. The van der Waals surface area contributed by atoms with E-state index in [2.05, 4.69) is 71.7 Å². The van der Waals surface area contributed by atoms with Crippen LogP contribution in [0.4, 0.5) is 0 Å². The molecule has 10 aromatic rings. The molecule has 0 aliphatic rings. The van der Waals surface area contributed by atoms with E-state index in [0.717, 1.165) is 53.2 Å². The predicted octanol–water partition coefficient (Wildman–Crippen LogP) is 13.5. The van der Waals surface area contributed by atoms with Gasteiger partial charge < -0.3 is 0 Å². The van der Waals surface area contributed by atoms with Gasteiger partial charge in [0, 0.05) is 57.0 Å². The first-order valence-electron chi connectivity index (χ1n) is 20.9. The summed E-state index contributed by atoms with van der Waals surface area (Å²) in [5, 5.41) is 4.51. The first-order valence-corrected chi connectivity index (χ1v) is 17.5. The Hall–Kier alpha value is -5.94. The average molecular weight is 683 g/mol. The fraction of sp³-hybridized carbons (Fsp3) is 0. The number of hydrogen-bond donors (Lipinski definition) is 0. The van der Waals surface area contributed by atoms with Crippen LogP contribution < -0.4 is 0 Å². The quantitative estimate of drug-likeness (QED) is 0.181. The zero-order valence-electron chi connectivity index (χ0n) is 36.1. The summed E-state index contributed by atoms with van der Waals surface area (Å²) in [5.41, 5.74) is 3.83. The molecule has 0 saturated heterocycles. The van der Waals surface area contributed by atoms with Gasteiger partial charge in [-0.1, -0.05) is 109 Å². The van der Waals surface area contributed by atoms with Crippen LogP contribution in [0.3, 0.4) is 0 Å². The minimum atomic E-state index is -0.584. The molecule has 0 saturated carbocycles. The smallest absolute Gasteiger partial charge is 0.160 e. The van der Waals surface area contributed by atoms with Crippen molar-refractivity contribution in [3.8, 4) is 56.2 Å². The van der Waals surface area contributed by atoms with Gasteiger partial charge >= 0.3 is 0 Å². The highest BCUT2D eigenvalue weighted by Crippen LogP contribution is 2.41. The van der Waals surface area contributed by atoms with Crippen LogP contribution in [0.25, 0.3) is 96.5 Å². The van der Waals surface area contributed by atoms with Crippen molar-refractivity contribution in [3.05, 3.63) is 170 Å². The number of aromatic nitrogens is 2. The average Bonchev–Trinajstić information content (AvgIpc) is 3.84. The van der Waals surface area contributed by atoms with Gasteiger partial charge in [0.25, 0.3) is 0 Å². The molecular weight excluding hydrogens is 645 g/mol. The monoisotopic (exact) mass is 682 g/mol. The maximum atomic E-state index is 8.83. The summed E-state index contributed by atoms with van der Waals surface area (Å²) in [5.74, 6) is -0.254. The zero-order valence-corrected chi connectivity index (χ0v) is 27.7. The molecule has 0 bridgehead atoms. The number of nitrogens with zero attached hydrogens (tertiary/aromatic N) is 2. The normalized spacial score (nSPS) is 14.4. The summed E-state index contributed by atoms with van der Waals surface area (Å²) >= 11 is 3.45. The Morgan fingerprint density at radius 2 is 0.820 bits per heavy atom. The highest BCUT2D eigenvalue weighted by molar-refractivity contribution is 7.26. The Morgan fingerprint density at radius 1 is 0.360 bits per heavy atom. The van der Waals surface area contributed by atoms with Crippen molar-refractivity contribution in [2.75, 3.05) is 0 Å². The topological polar surface area (TPSA) is 25.8 Å². The minimum absolute atomic E-state index is 0.0666. The van der Waals surface area contributed by atoms with Gasteiger partial charge in [-0.3, -0.25) is 0 Å². The minimum Gasteiger partial charge on any atom is -0.228 e. The zero-order chi connectivity index (χ0) is 41.7. The van der Waals surface area contributed by atoms with Crippen LogP contribution in [-0.4, -0.2) is 9.97 Å². The number of rotatable bonds is 5. The van der Waals surface area contributed by atoms with Crippen molar-refractivity contribution in [1.29, 1.82) is 0 Å². The Kier molecular flexibility index (Phi) is 4.88. The molecule has 0 fully saturated rings. The van der Waals surface area contributed by atoms with Gasteiger partial charge in [-0.05, 0) is 82.9 Å². The van der Waals surface area contributed by atoms with Gasteiger partial charge in [0.15, 0.2) is 5.82 Å². The summed E-state index contributed by atoms with van der Waals surface area (Å²) in [6.07, 6.45) is 0. The molecule has 0 N–H and O–H groups in total. The van der Waals surface area contributed by atoms with Crippen molar-refractivity contribution in [2.24, 2.45) is 0 Å². The lowest BCUT2D eigenvalue weighted by Gasteiger charge is -2.13. The lowest BCUT2D eigenvalue weighted by Crippen LogP contribution is -1.96. The molecule has 0 atom stereocenters. The molecule has 50 heavy (non-hydrogen) atoms. The molecule has 3 heterocycles. The highest BCUT2D eigenvalue weighted by atomic mass is 32.1. The maximum Gasteiger partial charge on any atom is 0.160 e. The van der Waals surface area contributed by atoms with Crippen molar-refractivity contribution < 1.29 is 13.7 Å². The summed E-state index contributed by atoms with van der Waals surface area (Å²) in [7, 11) is 0. The van der Waals surface area contributed by atoms with E-state index in [1.165, 1.54) is 15.5 Å². The third kappa shape index (κ3) is 5.09. The molecule has 0 unspecified atom stereocenters. The number of hydrogen-bond acceptors (Lipinski definition) is 4.